The predicted octanol–water partition coefficient (Wildman–Crippen LogP) is 0.916. The second-order valence-electron chi connectivity index (χ2n) is 3.27. The number of aliphatic hydroxyl groups is 1. The first-order chi connectivity index (χ1) is 7.52. The van der Waals surface area contributed by atoms with Crippen molar-refractivity contribution in [3.05, 3.63) is 23.3 Å². The van der Waals surface area contributed by atoms with Crippen molar-refractivity contribution in [2.45, 2.75) is 13.0 Å². The second kappa shape index (κ2) is 4.85. The number of aliphatic hydroxyl groups excluding tert-OH is 1. The number of methoxy groups -OCH3 is 2. The lowest BCUT2D eigenvalue weighted by molar-refractivity contribution is -0.150. The Kier molecular flexibility index (Phi) is 3.73. The number of hydrogen-bond acceptors (Lipinski definition) is 5. The van der Waals surface area contributed by atoms with Crippen molar-refractivity contribution in [1.29, 1.82) is 0 Å². The van der Waals surface area contributed by atoms with Gasteiger partial charge in [0.2, 0.25) is 0 Å². The van der Waals surface area contributed by atoms with Crippen LogP contribution < -0.4 is 4.74 Å². The number of aromatic hydroxyl groups is 1. The molecular formula is C11H14O5. The maximum Gasteiger partial charge on any atom is 0.339 e. The Balaban J connectivity index is 3.26. The molecule has 1 unspecified atom stereocenters. The highest BCUT2D eigenvalue weighted by molar-refractivity contribution is 5.78. The Bertz CT molecular complexity index is 400. The minimum Gasteiger partial charge on any atom is -0.504 e. The normalized spacial score (nSPS) is 12.0. The van der Waals surface area contributed by atoms with Gasteiger partial charge in [0.05, 0.1) is 14.2 Å². The number of aryl methyl sites for hydroxylation is 1. The number of esters is 1. The van der Waals surface area contributed by atoms with E-state index < -0.39 is 12.1 Å². The number of ether oxygens (including phenoxy) is 2. The summed E-state index contributed by atoms with van der Waals surface area (Å²) < 4.78 is 9.30. The van der Waals surface area contributed by atoms with Crippen molar-refractivity contribution in [1.82, 2.24) is 0 Å². The Morgan fingerprint density at radius 2 is 2.00 bits per heavy atom. The van der Waals surface area contributed by atoms with Gasteiger partial charge in [0.25, 0.3) is 0 Å². The van der Waals surface area contributed by atoms with Crippen LogP contribution in [0.15, 0.2) is 12.1 Å². The highest BCUT2D eigenvalue weighted by Crippen LogP contribution is 2.36. The van der Waals surface area contributed by atoms with Gasteiger partial charge >= 0.3 is 5.97 Å². The van der Waals surface area contributed by atoms with Crippen molar-refractivity contribution in [3.8, 4) is 11.5 Å². The third-order valence-corrected chi connectivity index (χ3v) is 2.32. The van der Waals surface area contributed by atoms with Gasteiger partial charge in [-0.05, 0) is 18.6 Å². The van der Waals surface area contributed by atoms with Crippen molar-refractivity contribution in [2.24, 2.45) is 0 Å². The third kappa shape index (κ3) is 2.09. The molecular weight excluding hydrogens is 212 g/mol. The molecule has 88 valence electrons. The van der Waals surface area contributed by atoms with E-state index in [4.69, 9.17) is 4.74 Å². The maximum atomic E-state index is 11.2. The van der Waals surface area contributed by atoms with Gasteiger partial charge in [-0.1, -0.05) is 6.07 Å². The predicted molar refractivity (Wildman–Crippen MR) is 56.4 cm³/mol. The lowest BCUT2D eigenvalue weighted by Crippen LogP contribution is -2.15. The average Bonchev–Trinajstić information content (AvgIpc) is 2.28. The lowest BCUT2D eigenvalue weighted by atomic mass is 10.0. The molecule has 0 aromatic heterocycles. The molecule has 1 atom stereocenters. The van der Waals surface area contributed by atoms with E-state index in [0.29, 0.717) is 5.56 Å². The molecule has 16 heavy (non-hydrogen) atoms. The molecule has 0 heterocycles. The fourth-order valence-corrected chi connectivity index (χ4v) is 1.43. The molecule has 0 spiro atoms. The van der Waals surface area contributed by atoms with Crippen LogP contribution in [0.25, 0.3) is 0 Å². The Morgan fingerprint density at radius 1 is 1.38 bits per heavy atom. The van der Waals surface area contributed by atoms with Crippen LogP contribution in [0.3, 0.4) is 0 Å². The number of carbonyl (C=O) groups excluding carboxylic acids is 1. The van der Waals surface area contributed by atoms with Crippen LogP contribution in [0.5, 0.6) is 11.5 Å². The average molecular weight is 226 g/mol. The highest BCUT2D eigenvalue weighted by Gasteiger charge is 2.25. The first-order valence-electron chi connectivity index (χ1n) is 4.65. The van der Waals surface area contributed by atoms with E-state index in [0.717, 1.165) is 7.11 Å². The summed E-state index contributed by atoms with van der Waals surface area (Å²) in [6.45, 7) is 1.67. The third-order valence-electron chi connectivity index (χ3n) is 2.32. The summed E-state index contributed by atoms with van der Waals surface area (Å²) in [4.78, 5) is 11.2. The van der Waals surface area contributed by atoms with Crippen LogP contribution >= 0.6 is 0 Å². The van der Waals surface area contributed by atoms with E-state index in [1.54, 1.807) is 19.1 Å². The van der Waals surface area contributed by atoms with E-state index in [2.05, 4.69) is 4.74 Å². The first-order valence-corrected chi connectivity index (χ1v) is 4.65. The molecule has 0 amide bonds. The van der Waals surface area contributed by atoms with Gasteiger partial charge in [0, 0.05) is 5.56 Å². The summed E-state index contributed by atoms with van der Waals surface area (Å²) in [5.74, 6) is -0.879. The highest BCUT2D eigenvalue weighted by atomic mass is 16.5. The number of benzene rings is 1. The van der Waals surface area contributed by atoms with Gasteiger partial charge in [0.15, 0.2) is 17.6 Å². The molecule has 0 fully saturated rings. The molecule has 0 saturated carbocycles. The monoisotopic (exact) mass is 226 g/mol. The zero-order valence-corrected chi connectivity index (χ0v) is 9.35. The number of phenolic OH excluding ortho intramolecular Hbond substituents is 1. The summed E-state index contributed by atoms with van der Waals surface area (Å²) >= 11 is 0. The Hall–Kier alpha value is -1.75. The van der Waals surface area contributed by atoms with Gasteiger partial charge in [-0.2, -0.15) is 0 Å². The van der Waals surface area contributed by atoms with Gasteiger partial charge in [-0.25, -0.2) is 4.79 Å². The number of phenols is 1. The van der Waals surface area contributed by atoms with Gasteiger partial charge in [-0.3, -0.25) is 0 Å². The molecule has 5 nitrogen and oxygen atoms in total. The van der Waals surface area contributed by atoms with Crippen LogP contribution in [0, 0.1) is 6.92 Å². The van der Waals surface area contributed by atoms with E-state index in [1.165, 1.54) is 7.11 Å². The summed E-state index contributed by atoms with van der Waals surface area (Å²) in [5, 5.41) is 19.5. The molecule has 1 aromatic carbocycles. The smallest absolute Gasteiger partial charge is 0.339 e. The molecule has 1 aromatic rings. The fourth-order valence-electron chi connectivity index (χ4n) is 1.43. The number of hydrogen-bond donors (Lipinski definition) is 2. The Labute approximate surface area is 93.2 Å². The molecule has 0 aliphatic carbocycles. The zero-order valence-electron chi connectivity index (χ0n) is 9.35. The molecule has 5 heteroatoms. The first kappa shape index (κ1) is 12.3. The quantitative estimate of drug-likeness (QED) is 0.749. The summed E-state index contributed by atoms with van der Waals surface area (Å²) in [7, 11) is 2.55. The van der Waals surface area contributed by atoms with Crippen molar-refractivity contribution in [2.75, 3.05) is 14.2 Å². The van der Waals surface area contributed by atoms with E-state index in [9.17, 15) is 15.0 Å². The van der Waals surface area contributed by atoms with E-state index >= 15 is 0 Å². The standard InChI is InChI=1S/C11H14O5/c1-6-4-5-7(15-2)9(12)8(6)10(13)11(14)16-3/h4-5,10,12-13H,1-3H3. The van der Waals surface area contributed by atoms with E-state index in [1.807, 2.05) is 0 Å². The van der Waals surface area contributed by atoms with Crippen molar-refractivity contribution in [3.63, 3.8) is 0 Å². The van der Waals surface area contributed by atoms with Gasteiger partial charge < -0.3 is 19.7 Å². The second-order valence-corrected chi connectivity index (χ2v) is 3.27. The largest absolute Gasteiger partial charge is 0.504 e. The molecule has 1 rings (SSSR count). The molecule has 0 bridgehead atoms. The minimum absolute atomic E-state index is 0.103. The topological polar surface area (TPSA) is 76.0 Å². The van der Waals surface area contributed by atoms with Crippen LogP contribution in [0.4, 0.5) is 0 Å². The Morgan fingerprint density at radius 3 is 2.50 bits per heavy atom. The van der Waals surface area contributed by atoms with Crippen molar-refractivity contribution >= 4 is 5.97 Å². The molecule has 0 aliphatic rings. The van der Waals surface area contributed by atoms with Crippen LogP contribution in [-0.4, -0.2) is 30.4 Å². The molecule has 0 radical (unpaired) electrons. The van der Waals surface area contributed by atoms with E-state index in [-0.39, 0.29) is 17.1 Å². The summed E-state index contributed by atoms with van der Waals surface area (Å²) in [5.41, 5.74) is 0.683. The van der Waals surface area contributed by atoms with Crippen LogP contribution in [0.1, 0.15) is 17.2 Å². The van der Waals surface area contributed by atoms with Gasteiger partial charge in [-0.15, -0.1) is 0 Å². The molecule has 0 aliphatic heterocycles. The van der Waals surface area contributed by atoms with Crippen LogP contribution in [0.2, 0.25) is 0 Å². The lowest BCUT2D eigenvalue weighted by Gasteiger charge is -2.15. The summed E-state index contributed by atoms with van der Waals surface area (Å²) in [6.07, 6.45) is -1.51. The minimum atomic E-state index is -1.51. The fraction of sp³-hybridized carbons (Fsp3) is 0.364. The summed E-state index contributed by atoms with van der Waals surface area (Å²) in [6, 6.07) is 3.19. The molecule has 2 N–H and O–H groups in total. The SMILES string of the molecule is COC(=O)C(O)c1c(C)ccc(OC)c1O. The maximum absolute atomic E-state index is 11.2. The van der Waals surface area contributed by atoms with Crippen LogP contribution in [-0.2, 0) is 9.53 Å². The zero-order chi connectivity index (χ0) is 12.3. The van der Waals surface area contributed by atoms with Gasteiger partial charge in [0.1, 0.15) is 0 Å². The molecule has 0 saturated heterocycles. The number of rotatable bonds is 3. The number of carbonyl (C=O) groups is 1. The van der Waals surface area contributed by atoms with Crippen molar-refractivity contribution < 1.29 is 24.5 Å².